The molecule has 22 heteroatoms. The molecule has 20 nitrogen and oxygen atoms in total. The van der Waals surface area contributed by atoms with Crippen LogP contribution in [0.1, 0.15) is 197 Å². The largest absolute Gasteiger partial charge is 0.543 e. The number of methoxy groups -OCH3 is 2. The first kappa shape index (κ1) is 88.1. The van der Waals surface area contributed by atoms with Crippen molar-refractivity contribution in [1.29, 1.82) is 0 Å². The number of rotatable bonds is 28. The summed E-state index contributed by atoms with van der Waals surface area (Å²) in [6, 6.07) is 12.1. The molecule has 2 saturated heterocycles. The maximum atomic E-state index is 14.3. The number of carbonyl (C=O) groups is 8. The third-order valence-electron chi connectivity index (χ3n) is 21.1. The molecule has 0 saturated carbocycles. The zero-order chi connectivity index (χ0) is 76.1. The molecule has 102 heavy (non-hydrogen) atoms. The van der Waals surface area contributed by atoms with Gasteiger partial charge in [-0.3, -0.25) is 48.4 Å². The highest BCUT2D eigenvalue weighted by Gasteiger charge is 2.43. The van der Waals surface area contributed by atoms with Gasteiger partial charge in [0.15, 0.2) is 0 Å². The summed E-state index contributed by atoms with van der Waals surface area (Å²) < 4.78 is 35.6. The lowest BCUT2D eigenvalue weighted by molar-refractivity contribution is -0.154. The highest BCUT2D eigenvalue weighted by molar-refractivity contribution is 6.75. The van der Waals surface area contributed by atoms with E-state index in [0.29, 0.717) is 64.8 Å². The average molecular weight is 1460 g/mol. The van der Waals surface area contributed by atoms with Gasteiger partial charge in [-0.1, -0.05) is 132 Å². The van der Waals surface area contributed by atoms with E-state index < -0.39 is 64.5 Å². The minimum absolute atomic E-state index is 0.00367. The van der Waals surface area contributed by atoms with E-state index in [1.165, 1.54) is 10.0 Å². The number of benzene rings is 2. The summed E-state index contributed by atoms with van der Waals surface area (Å²) in [5.41, 5.74) is 7.83. The number of ketones is 2. The van der Waals surface area contributed by atoms with Crippen LogP contribution in [-0.2, 0) is 70.1 Å². The predicted octanol–water partition coefficient (Wildman–Crippen LogP) is 13.9. The fraction of sp³-hybridized carbons (Fsp3) is 0.675. The molecule has 4 N–H and O–H groups in total. The van der Waals surface area contributed by atoms with Crippen LogP contribution in [0.3, 0.4) is 0 Å². The predicted molar refractivity (Wildman–Crippen MR) is 409 cm³/mol. The van der Waals surface area contributed by atoms with Crippen LogP contribution < -0.4 is 30.3 Å². The summed E-state index contributed by atoms with van der Waals surface area (Å²) in [5, 5.41) is 8.96. The van der Waals surface area contributed by atoms with Crippen LogP contribution in [0.2, 0.25) is 36.3 Å². The quantitative estimate of drug-likeness (QED) is 0.0268. The summed E-state index contributed by atoms with van der Waals surface area (Å²) >= 11 is 0. The van der Waals surface area contributed by atoms with Crippen LogP contribution in [0.5, 0.6) is 11.5 Å². The lowest BCUT2D eigenvalue weighted by Crippen LogP contribution is -2.60. The fourth-order valence-electron chi connectivity index (χ4n) is 12.1. The van der Waals surface area contributed by atoms with Crippen molar-refractivity contribution in [3.05, 3.63) is 97.1 Å². The molecule has 0 aromatic heterocycles. The van der Waals surface area contributed by atoms with Gasteiger partial charge >= 0.3 is 11.9 Å². The van der Waals surface area contributed by atoms with Crippen molar-refractivity contribution in [3.63, 3.8) is 0 Å². The molecule has 2 fully saturated rings. The molecule has 10 atom stereocenters. The Morgan fingerprint density at radius 3 is 1.98 bits per heavy atom. The topological polar surface area (TPSA) is 247 Å². The molecule has 0 aliphatic carbocycles. The smallest absolute Gasteiger partial charge is 0.324 e. The van der Waals surface area contributed by atoms with Gasteiger partial charge in [0.2, 0.25) is 28.4 Å². The molecule has 3 heterocycles. The van der Waals surface area contributed by atoms with Gasteiger partial charge in [0, 0.05) is 76.7 Å². The Morgan fingerprint density at radius 2 is 1.38 bits per heavy atom. The number of ether oxygens (including phenoxy) is 4. The van der Waals surface area contributed by atoms with Crippen molar-refractivity contribution in [3.8, 4) is 11.5 Å². The number of esters is 2. The number of cyclic esters (lactones) is 1. The average Bonchev–Trinajstić information content (AvgIpc) is 0.827. The van der Waals surface area contributed by atoms with Gasteiger partial charge in [0.25, 0.3) is 11.8 Å². The monoisotopic (exact) mass is 1450 g/mol. The van der Waals surface area contributed by atoms with Gasteiger partial charge in [-0.05, 0) is 173 Å². The van der Waals surface area contributed by atoms with E-state index in [1.807, 2.05) is 96.1 Å². The number of amides is 4. The number of unbranched alkanes of at least 4 members (excludes halogenated alkanes) is 2. The first-order chi connectivity index (χ1) is 48.0. The van der Waals surface area contributed by atoms with Crippen LogP contribution in [0.25, 0.3) is 0 Å². The second kappa shape index (κ2) is 42.6. The van der Waals surface area contributed by atoms with Gasteiger partial charge in [0.05, 0.1) is 25.4 Å². The molecule has 5 rings (SSSR count). The van der Waals surface area contributed by atoms with E-state index in [1.54, 1.807) is 20.3 Å². The maximum absolute atomic E-state index is 14.3. The standard InChI is InChI=1S/C41H67N3O7Si.C39H63N3O7Si/c1-12-14-16-17-25-50-40(48)34-22-19-24-44(43-34)39(47)35(27-31-20-18-21-32(26-31)51-52(10,11)41(6,7)8)42-38(46)33(29(3)4)28-36(45)30(5)37(49-9)23-15-13-2;1-27(2)31-26-34(43)28(3)35(47-7)21-14-12-10-11-13-15-23-48-38(46)32-20-17-22-42(41-32)37(45)33(40-36(31)44)25-29-18-16-19-30(24-29)49-50(8,9)39(4,5)6/h12-13,18,20-21,26,29-30,33-35,37,43H,1-2,14-17,19,22-25,27-28H2,3-11H3,(H,42,46);10,12,16,18-19,24,27-28,31-33,35,41H,11,13-15,17,20-23,25-26H2,1-9H3,(H,40,44)/b;12-10+/t30-,33-,34-,35-,37+;28-,31-,32-,33-,35+/m00/s1. The molecule has 4 amide bonds. The van der Waals surface area contributed by atoms with E-state index in [-0.39, 0.29) is 107 Å². The SMILES string of the molecule is C=CCCCCOC(=O)[C@@H]1CCCN(C(=O)[C@H](Cc2cccc(O[Si](C)(C)C(C)(C)C)c2)NC(=O)[C@@H](CC(=O)[C@H](C)[C@@H](CCC=C)OC)C(C)C)N1.CO[C@@H]1CC/C=C/CCCCOC(=O)[C@@H]2CCCN(N2)C(=O)[C@H](Cc2cccc(O[Si](C)(C)C(C)(C)C)c2)NC(=O)[C@H](C(C)C)CC(=O)[C@@H]1C. The minimum Gasteiger partial charge on any atom is -0.543 e. The second-order valence-corrected chi connectivity index (χ2v) is 41.3. The second-order valence-electron chi connectivity index (χ2n) is 31.9. The molecular weight excluding hydrogens is 1330 g/mol. The van der Waals surface area contributed by atoms with Crippen molar-refractivity contribution in [2.24, 2.45) is 35.5 Å². The van der Waals surface area contributed by atoms with Gasteiger partial charge < -0.3 is 38.4 Å². The van der Waals surface area contributed by atoms with Crippen molar-refractivity contribution in [2.75, 3.05) is 40.5 Å². The molecule has 2 bridgehead atoms. The van der Waals surface area contributed by atoms with Gasteiger partial charge in [-0.2, -0.15) is 0 Å². The van der Waals surface area contributed by atoms with E-state index in [9.17, 15) is 38.4 Å². The van der Waals surface area contributed by atoms with Crippen molar-refractivity contribution in [1.82, 2.24) is 31.5 Å². The fourth-order valence-corrected chi connectivity index (χ4v) is 14.2. The van der Waals surface area contributed by atoms with Gasteiger partial charge in [-0.15, -0.1) is 13.2 Å². The first-order valence-electron chi connectivity index (χ1n) is 37.6. The van der Waals surface area contributed by atoms with Gasteiger partial charge in [0.1, 0.15) is 47.2 Å². The molecular formula is C80H130N6O14Si2. The van der Waals surface area contributed by atoms with Crippen molar-refractivity contribution in [2.45, 2.75) is 271 Å². The van der Waals surface area contributed by atoms with Crippen LogP contribution in [0.4, 0.5) is 0 Å². The summed E-state index contributed by atoms with van der Waals surface area (Å²) in [6.45, 7) is 42.1. The molecule has 0 radical (unpaired) electrons. The molecule has 0 spiro atoms. The van der Waals surface area contributed by atoms with E-state index in [0.717, 1.165) is 74.0 Å². The summed E-state index contributed by atoms with van der Waals surface area (Å²) in [6.07, 6.45) is 17.9. The molecule has 2 aromatic rings. The molecule has 3 aliphatic rings. The van der Waals surface area contributed by atoms with Crippen molar-refractivity contribution >= 4 is 63.8 Å². The number of hydrogen-bond acceptors (Lipinski definition) is 16. The summed E-state index contributed by atoms with van der Waals surface area (Å²) in [5.74, 6) is -3.25. The third-order valence-corrected chi connectivity index (χ3v) is 29.8. The number of nitrogens with zero attached hydrogens (tertiary/aromatic N) is 2. The Bertz CT molecular complexity index is 3070. The number of fused-ring (bicyclic) bond motifs is 2. The Labute approximate surface area is 614 Å². The number of hydrazine groups is 2. The summed E-state index contributed by atoms with van der Waals surface area (Å²) in [4.78, 5) is 110. The highest BCUT2D eigenvalue weighted by Crippen LogP contribution is 2.39. The Morgan fingerprint density at radius 1 is 0.765 bits per heavy atom. The maximum Gasteiger partial charge on any atom is 0.324 e. The van der Waals surface area contributed by atoms with E-state index in [4.69, 9.17) is 27.8 Å². The highest BCUT2D eigenvalue weighted by atomic mass is 28.4. The molecule has 572 valence electrons. The molecule has 2 aromatic carbocycles. The Balaban J connectivity index is 0.000000433. The van der Waals surface area contributed by atoms with Crippen LogP contribution in [0.15, 0.2) is 86.0 Å². The van der Waals surface area contributed by atoms with Crippen LogP contribution >= 0.6 is 0 Å². The zero-order valence-corrected chi connectivity index (χ0v) is 67.4. The normalized spacial score (nSPS) is 22.0. The Hall–Kier alpha value is -6.31. The van der Waals surface area contributed by atoms with Crippen LogP contribution in [0, 0.1) is 35.5 Å². The van der Waals surface area contributed by atoms with E-state index >= 15 is 0 Å². The third kappa shape index (κ3) is 28.3. The Kier molecular flexibility index (Phi) is 36.8. The lowest BCUT2D eigenvalue weighted by atomic mass is 9.84. The summed E-state index contributed by atoms with van der Waals surface area (Å²) in [7, 11) is -1.05. The van der Waals surface area contributed by atoms with E-state index in [2.05, 4.69) is 115 Å². The lowest BCUT2D eigenvalue weighted by Gasteiger charge is -2.36. The molecule has 0 unspecified atom stereocenters. The zero-order valence-electron chi connectivity index (χ0n) is 65.4. The number of nitrogens with one attached hydrogen (secondary N) is 4. The molecule has 3 aliphatic heterocycles. The number of Topliss-reactive ketones (excluding diaryl/α,β-unsaturated/α-hetero) is 2. The number of carbonyl (C=O) groups excluding carboxylic acids is 8. The number of allylic oxidation sites excluding steroid dienone is 4. The van der Waals surface area contributed by atoms with Crippen molar-refractivity contribution < 1.29 is 66.2 Å². The van der Waals surface area contributed by atoms with Gasteiger partial charge in [-0.25, -0.2) is 10.9 Å². The minimum atomic E-state index is -2.14. The first-order valence-corrected chi connectivity index (χ1v) is 43.4. The number of hydrogen-bond donors (Lipinski definition) is 4. The van der Waals surface area contributed by atoms with Crippen LogP contribution in [-0.4, -0.2) is 151 Å².